The van der Waals surface area contributed by atoms with Crippen molar-refractivity contribution in [2.24, 2.45) is 5.92 Å². The molecule has 1 atom stereocenters. The summed E-state index contributed by atoms with van der Waals surface area (Å²) in [5, 5.41) is 3.63. The predicted molar refractivity (Wildman–Crippen MR) is 60.5 cm³/mol. The van der Waals surface area contributed by atoms with Gasteiger partial charge >= 0.3 is 0 Å². The Kier molecular flexibility index (Phi) is 5.49. The van der Waals surface area contributed by atoms with E-state index in [9.17, 15) is 0 Å². The second-order valence-corrected chi connectivity index (χ2v) is 4.98. The van der Waals surface area contributed by atoms with Crippen LogP contribution >= 0.6 is 0 Å². The van der Waals surface area contributed by atoms with Crippen LogP contribution in [0.2, 0.25) is 0 Å². The Labute approximate surface area is 88.4 Å². The lowest BCUT2D eigenvalue weighted by Gasteiger charge is -2.19. The van der Waals surface area contributed by atoms with Gasteiger partial charge in [0.15, 0.2) is 0 Å². The molecular weight excluding hydrogens is 174 g/mol. The van der Waals surface area contributed by atoms with E-state index in [0.717, 1.165) is 19.3 Å². The van der Waals surface area contributed by atoms with E-state index in [2.05, 4.69) is 26.1 Å². The van der Waals surface area contributed by atoms with Crippen molar-refractivity contribution in [1.29, 1.82) is 0 Å². The highest BCUT2D eigenvalue weighted by molar-refractivity contribution is 4.76. The Morgan fingerprint density at radius 3 is 2.36 bits per heavy atom. The van der Waals surface area contributed by atoms with Crippen molar-refractivity contribution >= 4 is 0 Å². The van der Waals surface area contributed by atoms with E-state index in [1.54, 1.807) is 0 Å². The third kappa shape index (κ3) is 4.97. The minimum Gasteiger partial charge on any atom is -0.380 e. The van der Waals surface area contributed by atoms with Crippen molar-refractivity contribution in [3.63, 3.8) is 0 Å². The molecule has 0 bridgehead atoms. The van der Waals surface area contributed by atoms with Crippen molar-refractivity contribution < 1.29 is 4.74 Å². The molecule has 0 aromatic heterocycles. The van der Waals surface area contributed by atoms with E-state index in [1.807, 2.05) is 0 Å². The average molecular weight is 199 g/mol. The molecule has 1 N–H and O–H groups in total. The van der Waals surface area contributed by atoms with Crippen molar-refractivity contribution in [2.45, 2.75) is 58.5 Å². The molecule has 1 aliphatic carbocycles. The molecule has 2 heteroatoms. The molecule has 0 saturated heterocycles. The van der Waals surface area contributed by atoms with Crippen molar-refractivity contribution in [3.8, 4) is 0 Å². The average Bonchev–Trinajstić information content (AvgIpc) is 2.56. The van der Waals surface area contributed by atoms with Crippen LogP contribution in [-0.2, 0) is 4.74 Å². The molecule has 1 unspecified atom stereocenters. The Bertz CT molecular complexity index is 141. The highest BCUT2D eigenvalue weighted by Gasteiger charge is 2.16. The van der Waals surface area contributed by atoms with Gasteiger partial charge in [0.1, 0.15) is 0 Å². The molecule has 0 radical (unpaired) electrons. The Balaban J connectivity index is 2.00. The third-order valence-corrected chi connectivity index (χ3v) is 2.69. The minimum absolute atomic E-state index is 0.511. The topological polar surface area (TPSA) is 21.3 Å². The number of nitrogens with one attached hydrogen (secondary N) is 1. The van der Waals surface area contributed by atoms with Crippen LogP contribution in [-0.4, -0.2) is 25.3 Å². The predicted octanol–water partition coefficient (Wildman–Crippen LogP) is 2.58. The summed E-state index contributed by atoms with van der Waals surface area (Å²) >= 11 is 0. The zero-order valence-electron chi connectivity index (χ0n) is 9.88. The maximum Gasteiger partial charge on any atom is 0.0617 e. The summed E-state index contributed by atoms with van der Waals surface area (Å²) in [5.41, 5.74) is 0. The molecule has 1 saturated carbocycles. The molecule has 1 rings (SSSR count). The first kappa shape index (κ1) is 12.0. The van der Waals surface area contributed by atoms with Gasteiger partial charge in [-0.05, 0) is 25.7 Å². The monoisotopic (exact) mass is 199 g/mol. The highest BCUT2D eigenvalue weighted by atomic mass is 16.5. The van der Waals surface area contributed by atoms with E-state index in [0.29, 0.717) is 12.0 Å². The van der Waals surface area contributed by atoms with Gasteiger partial charge in [-0.15, -0.1) is 0 Å². The molecule has 14 heavy (non-hydrogen) atoms. The summed E-state index contributed by atoms with van der Waals surface area (Å²) in [6, 6.07) is 1.27. The highest BCUT2D eigenvalue weighted by Crippen LogP contribution is 2.18. The van der Waals surface area contributed by atoms with Crippen LogP contribution in [0.1, 0.15) is 46.5 Å². The van der Waals surface area contributed by atoms with Crippen molar-refractivity contribution in [2.75, 3.05) is 13.2 Å². The summed E-state index contributed by atoms with van der Waals surface area (Å²) in [4.78, 5) is 0. The van der Waals surface area contributed by atoms with E-state index in [1.165, 1.54) is 25.7 Å². The van der Waals surface area contributed by atoms with Gasteiger partial charge in [0.2, 0.25) is 0 Å². The fraction of sp³-hybridized carbons (Fsp3) is 1.00. The van der Waals surface area contributed by atoms with Gasteiger partial charge in [-0.25, -0.2) is 0 Å². The van der Waals surface area contributed by atoms with E-state index in [-0.39, 0.29) is 0 Å². The maximum absolute atomic E-state index is 5.60. The lowest BCUT2D eigenvalue weighted by atomic mass is 10.2. The Morgan fingerprint density at radius 2 is 1.79 bits per heavy atom. The first-order valence-electron chi connectivity index (χ1n) is 6.02. The fourth-order valence-corrected chi connectivity index (χ4v) is 2.02. The van der Waals surface area contributed by atoms with Crippen LogP contribution < -0.4 is 5.32 Å². The summed E-state index contributed by atoms with van der Waals surface area (Å²) in [6.07, 6.45) is 5.51. The van der Waals surface area contributed by atoms with Gasteiger partial charge in [-0.3, -0.25) is 0 Å². The van der Waals surface area contributed by atoms with Crippen molar-refractivity contribution in [1.82, 2.24) is 5.32 Å². The van der Waals surface area contributed by atoms with Crippen molar-refractivity contribution in [3.05, 3.63) is 0 Å². The summed E-state index contributed by atoms with van der Waals surface area (Å²) in [7, 11) is 0. The van der Waals surface area contributed by atoms with Gasteiger partial charge in [0, 0.05) is 18.7 Å². The summed E-state index contributed by atoms with van der Waals surface area (Å²) in [5.74, 6) is 0.647. The molecule has 0 amide bonds. The van der Waals surface area contributed by atoms with Crippen LogP contribution in [0.5, 0.6) is 0 Å². The van der Waals surface area contributed by atoms with Gasteiger partial charge < -0.3 is 10.1 Å². The van der Waals surface area contributed by atoms with E-state index >= 15 is 0 Å². The van der Waals surface area contributed by atoms with Crippen LogP contribution in [0.3, 0.4) is 0 Å². The number of ether oxygens (including phenoxy) is 1. The molecule has 0 aliphatic heterocycles. The Hall–Kier alpha value is -0.0800. The van der Waals surface area contributed by atoms with Gasteiger partial charge in [0.05, 0.1) is 6.61 Å². The second-order valence-electron chi connectivity index (χ2n) is 4.98. The first-order chi connectivity index (χ1) is 6.68. The zero-order chi connectivity index (χ0) is 10.4. The molecule has 2 nitrogen and oxygen atoms in total. The maximum atomic E-state index is 5.60. The molecule has 0 aromatic rings. The van der Waals surface area contributed by atoms with Crippen LogP contribution in [0.15, 0.2) is 0 Å². The lowest BCUT2D eigenvalue weighted by molar-refractivity contribution is 0.0911. The SMILES string of the molecule is CC(C)COCC(C)NC1CCCC1. The molecule has 0 heterocycles. The van der Waals surface area contributed by atoms with E-state index in [4.69, 9.17) is 4.74 Å². The van der Waals surface area contributed by atoms with Crippen LogP contribution in [0.4, 0.5) is 0 Å². The quantitative estimate of drug-likeness (QED) is 0.710. The first-order valence-corrected chi connectivity index (χ1v) is 6.02. The van der Waals surface area contributed by atoms with E-state index < -0.39 is 0 Å². The fourth-order valence-electron chi connectivity index (χ4n) is 2.02. The summed E-state index contributed by atoms with van der Waals surface area (Å²) < 4.78 is 5.60. The van der Waals surface area contributed by atoms with Crippen LogP contribution in [0, 0.1) is 5.92 Å². The minimum atomic E-state index is 0.511. The molecule has 84 valence electrons. The largest absolute Gasteiger partial charge is 0.380 e. The van der Waals surface area contributed by atoms with Crippen LogP contribution in [0.25, 0.3) is 0 Å². The third-order valence-electron chi connectivity index (χ3n) is 2.69. The number of hydrogen-bond acceptors (Lipinski definition) is 2. The Morgan fingerprint density at radius 1 is 1.14 bits per heavy atom. The van der Waals surface area contributed by atoms with Gasteiger partial charge in [-0.1, -0.05) is 26.7 Å². The molecule has 1 fully saturated rings. The van der Waals surface area contributed by atoms with Gasteiger partial charge in [0.25, 0.3) is 0 Å². The number of hydrogen-bond donors (Lipinski definition) is 1. The number of rotatable bonds is 6. The normalized spacial score (nSPS) is 20.6. The smallest absolute Gasteiger partial charge is 0.0617 e. The molecule has 1 aliphatic rings. The standard InChI is InChI=1S/C12H25NO/c1-10(2)8-14-9-11(3)13-12-6-4-5-7-12/h10-13H,4-9H2,1-3H3. The molecular formula is C12H25NO. The molecule has 0 aromatic carbocycles. The zero-order valence-corrected chi connectivity index (χ0v) is 9.88. The van der Waals surface area contributed by atoms with Gasteiger partial charge in [-0.2, -0.15) is 0 Å². The second kappa shape index (κ2) is 6.41. The lowest BCUT2D eigenvalue weighted by Crippen LogP contribution is -2.37. The molecule has 0 spiro atoms. The summed E-state index contributed by atoms with van der Waals surface area (Å²) in [6.45, 7) is 8.34.